The fourth-order valence-corrected chi connectivity index (χ4v) is 4.19. The number of nitriles is 1. The van der Waals surface area contributed by atoms with Gasteiger partial charge in [-0.3, -0.25) is 9.78 Å². The first-order chi connectivity index (χ1) is 14.2. The highest BCUT2D eigenvalue weighted by atomic mass is 19.1. The van der Waals surface area contributed by atoms with E-state index in [1.807, 2.05) is 41.9 Å². The van der Waals surface area contributed by atoms with Crippen LogP contribution in [0.4, 0.5) is 4.39 Å². The molecule has 6 nitrogen and oxygen atoms in total. The standard InChI is InChI=1S/C23H21FN4O2/c1-14-11-28-12-15(5-6-19(28)27-14)18-7-17(24)10-26-20(18)23(30-4)8-16(9-25)21(29)22(2,3)13-23/h5-8,10-12H,13H2,1-4H3. The molecule has 1 atom stereocenters. The quantitative estimate of drug-likeness (QED) is 0.656. The van der Waals surface area contributed by atoms with E-state index in [0.717, 1.165) is 23.1 Å². The SMILES string of the molecule is COC1(c2ncc(F)cc2-c2ccc3nc(C)cn3c2)C=C(C#N)C(=O)C(C)(C)C1. The van der Waals surface area contributed by atoms with Crippen LogP contribution in [0.1, 0.15) is 31.7 Å². The van der Waals surface area contributed by atoms with E-state index in [4.69, 9.17) is 4.74 Å². The molecule has 0 aromatic carbocycles. The number of hydrogen-bond donors (Lipinski definition) is 0. The van der Waals surface area contributed by atoms with Gasteiger partial charge in [-0.25, -0.2) is 9.37 Å². The van der Waals surface area contributed by atoms with Gasteiger partial charge in [0.25, 0.3) is 0 Å². The normalized spacial score (nSPS) is 20.8. The van der Waals surface area contributed by atoms with Gasteiger partial charge in [-0.2, -0.15) is 5.26 Å². The predicted octanol–water partition coefficient (Wildman–Crippen LogP) is 4.13. The van der Waals surface area contributed by atoms with E-state index in [9.17, 15) is 14.4 Å². The Labute approximate surface area is 173 Å². The number of ketones is 1. The van der Waals surface area contributed by atoms with E-state index in [2.05, 4.69) is 9.97 Å². The molecule has 3 heterocycles. The molecule has 4 rings (SSSR count). The van der Waals surface area contributed by atoms with E-state index in [-0.39, 0.29) is 17.8 Å². The monoisotopic (exact) mass is 404 g/mol. The maximum Gasteiger partial charge on any atom is 0.178 e. The number of fused-ring (bicyclic) bond motifs is 1. The van der Waals surface area contributed by atoms with Crippen molar-refractivity contribution >= 4 is 11.4 Å². The molecule has 0 aliphatic heterocycles. The van der Waals surface area contributed by atoms with E-state index in [1.54, 1.807) is 13.8 Å². The zero-order valence-electron chi connectivity index (χ0n) is 17.2. The maximum absolute atomic E-state index is 14.3. The van der Waals surface area contributed by atoms with Crippen LogP contribution in [-0.2, 0) is 15.1 Å². The Morgan fingerprint density at radius 1 is 1.30 bits per heavy atom. The predicted molar refractivity (Wildman–Crippen MR) is 109 cm³/mol. The highest BCUT2D eigenvalue weighted by molar-refractivity contribution is 6.04. The number of rotatable bonds is 3. The summed E-state index contributed by atoms with van der Waals surface area (Å²) in [5.41, 5.74) is 1.39. The van der Waals surface area contributed by atoms with Crippen molar-refractivity contribution in [3.05, 3.63) is 65.6 Å². The number of carbonyl (C=O) groups excluding carboxylic acids is 1. The summed E-state index contributed by atoms with van der Waals surface area (Å²) in [7, 11) is 1.51. The van der Waals surface area contributed by atoms with Crippen molar-refractivity contribution in [2.45, 2.75) is 32.8 Å². The molecule has 1 aliphatic carbocycles. The fraction of sp³-hybridized carbons (Fsp3) is 0.304. The minimum Gasteiger partial charge on any atom is -0.368 e. The van der Waals surface area contributed by atoms with Crippen LogP contribution in [0.3, 0.4) is 0 Å². The van der Waals surface area contributed by atoms with Gasteiger partial charge in [-0.1, -0.05) is 13.8 Å². The molecular formula is C23H21FN4O2. The average molecular weight is 404 g/mol. The van der Waals surface area contributed by atoms with Crippen LogP contribution in [0.5, 0.6) is 0 Å². The Balaban J connectivity index is 1.98. The lowest BCUT2D eigenvalue weighted by atomic mass is 9.68. The second-order valence-corrected chi connectivity index (χ2v) is 8.27. The number of nitrogens with zero attached hydrogens (tertiary/aromatic N) is 4. The molecule has 3 aromatic heterocycles. The molecule has 0 fully saturated rings. The van der Waals surface area contributed by atoms with Gasteiger partial charge in [-0.05, 0) is 37.6 Å². The van der Waals surface area contributed by atoms with Gasteiger partial charge < -0.3 is 9.14 Å². The molecule has 3 aromatic rings. The lowest BCUT2D eigenvalue weighted by Crippen LogP contribution is -2.43. The molecule has 1 aliphatic rings. The molecule has 0 radical (unpaired) electrons. The van der Waals surface area contributed by atoms with Crippen molar-refractivity contribution in [3.8, 4) is 17.2 Å². The second-order valence-electron chi connectivity index (χ2n) is 8.27. The number of hydrogen-bond acceptors (Lipinski definition) is 5. The number of imidazole rings is 1. The summed E-state index contributed by atoms with van der Waals surface area (Å²) in [5.74, 6) is -0.728. The molecule has 0 saturated carbocycles. The molecule has 0 spiro atoms. The topological polar surface area (TPSA) is 80.3 Å². The maximum atomic E-state index is 14.3. The van der Waals surface area contributed by atoms with Crippen LogP contribution in [-0.4, -0.2) is 27.3 Å². The Bertz CT molecular complexity index is 1250. The number of methoxy groups -OCH3 is 1. The molecular weight excluding hydrogens is 383 g/mol. The van der Waals surface area contributed by atoms with Crippen LogP contribution in [0, 0.1) is 29.5 Å². The summed E-state index contributed by atoms with van der Waals surface area (Å²) in [4.78, 5) is 21.4. The van der Waals surface area contributed by atoms with Gasteiger partial charge >= 0.3 is 0 Å². The van der Waals surface area contributed by atoms with Crippen molar-refractivity contribution in [2.75, 3.05) is 7.11 Å². The van der Waals surface area contributed by atoms with Gasteiger partial charge in [0.2, 0.25) is 0 Å². The van der Waals surface area contributed by atoms with Crippen LogP contribution >= 0.6 is 0 Å². The molecule has 0 N–H and O–H groups in total. The smallest absolute Gasteiger partial charge is 0.178 e. The lowest BCUT2D eigenvalue weighted by Gasteiger charge is -2.40. The summed E-state index contributed by atoms with van der Waals surface area (Å²) in [6, 6.07) is 7.08. The Hall–Kier alpha value is -3.37. The molecule has 1 unspecified atom stereocenters. The molecule has 0 saturated heterocycles. The summed E-state index contributed by atoms with van der Waals surface area (Å²) >= 11 is 0. The third-order valence-electron chi connectivity index (χ3n) is 5.56. The first kappa shape index (κ1) is 19.9. The summed E-state index contributed by atoms with van der Waals surface area (Å²) in [6.45, 7) is 5.45. The van der Waals surface area contributed by atoms with Gasteiger partial charge in [0, 0.05) is 36.0 Å². The minimum absolute atomic E-state index is 0.0193. The second kappa shape index (κ2) is 6.85. The summed E-state index contributed by atoms with van der Waals surface area (Å²) < 4.78 is 22.0. The zero-order chi connectivity index (χ0) is 21.7. The number of aryl methyl sites for hydroxylation is 1. The first-order valence-corrected chi connectivity index (χ1v) is 9.54. The molecule has 0 amide bonds. The number of aromatic nitrogens is 3. The number of halogens is 1. The Morgan fingerprint density at radius 2 is 2.07 bits per heavy atom. The average Bonchev–Trinajstić information content (AvgIpc) is 3.09. The van der Waals surface area contributed by atoms with Crippen LogP contribution in [0.2, 0.25) is 0 Å². The van der Waals surface area contributed by atoms with Gasteiger partial charge in [-0.15, -0.1) is 0 Å². The lowest BCUT2D eigenvalue weighted by molar-refractivity contribution is -0.128. The first-order valence-electron chi connectivity index (χ1n) is 9.54. The Morgan fingerprint density at radius 3 is 2.77 bits per heavy atom. The molecule has 0 bridgehead atoms. The van der Waals surface area contributed by atoms with E-state index in [0.29, 0.717) is 11.3 Å². The fourth-order valence-electron chi connectivity index (χ4n) is 4.19. The molecule has 7 heteroatoms. The van der Waals surface area contributed by atoms with Gasteiger partial charge in [0.05, 0.1) is 23.2 Å². The van der Waals surface area contributed by atoms with Crippen LogP contribution in [0.25, 0.3) is 16.8 Å². The number of pyridine rings is 2. The van der Waals surface area contributed by atoms with Crippen LogP contribution in [0.15, 0.2) is 48.4 Å². The summed E-state index contributed by atoms with van der Waals surface area (Å²) in [5, 5.41) is 9.53. The van der Waals surface area contributed by atoms with Gasteiger partial charge in [0.1, 0.15) is 23.1 Å². The van der Waals surface area contributed by atoms with Crippen molar-refractivity contribution in [3.63, 3.8) is 0 Å². The highest BCUT2D eigenvalue weighted by Crippen LogP contribution is 2.47. The highest BCUT2D eigenvalue weighted by Gasteiger charge is 2.48. The van der Waals surface area contributed by atoms with Crippen molar-refractivity contribution < 1.29 is 13.9 Å². The number of carbonyl (C=O) groups is 1. The van der Waals surface area contributed by atoms with E-state index < -0.39 is 16.8 Å². The zero-order valence-corrected chi connectivity index (χ0v) is 17.2. The number of Topliss-reactive ketones (excluding diaryl/α,β-unsaturated/α-hetero) is 1. The largest absolute Gasteiger partial charge is 0.368 e. The van der Waals surface area contributed by atoms with E-state index >= 15 is 0 Å². The Kier molecular flexibility index (Phi) is 4.55. The molecule has 30 heavy (non-hydrogen) atoms. The summed E-state index contributed by atoms with van der Waals surface area (Å²) in [6.07, 6.45) is 6.66. The van der Waals surface area contributed by atoms with Crippen molar-refractivity contribution in [2.24, 2.45) is 5.41 Å². The number of ether oxygens (including phenoxy) is 1. The van der Waals surface area contributed by atoms with Gasteiger partial charge in [0.15, 0.2) is 5.78 Å². The van der Waals surface area contributed by atoms with Crippen LogP contribution < -0.4 is 0 Å². The number of allylic oxidation sites excluding steroid dienone is 1. The van der Waals surface area contributed by atoms with E-state index in [1.165, 1.54) is 19.3 Å². The molecule has 152 valence electrons. The minimum atomic E-state index is -1.15. The third kappa shape index (κ3) is 3.10. The third-order valence-corrected chi connectivity index (χ3v) is 5.56. The van der Waals surface area contributed by atoms with Crippen molar-refractivity contribution in [1.82, 2.24) is 14.4 Å². The van der Waals surface area contributed by atoms with Crippen molar-refractivity contribution in [1.29, 1.82) is 5.26 Å².